The number of pyridine rings is 2. The highest BCUT2D eigenvalue weighted by molar-refractivity contribution is 5.75. The normalized spacial score (nSPS) is 15.1. The van der Waals surface area contributed by atoms with Crippen LogP contribution in [0.15, 0.2) is 43.2 Å². The van der Waals surface area contributed by atoms with Gasteiger partial charge in [-0.3, -0.25) is 19.7 Å². The summed E-state index contributed by atoms with van der Waals surface area (Å²) in [6, 6.07) is 6.30. The lowest BCUT2D eigenvalue weighted by Crippen LogP contribution is -2.32. The minimum atomic E-state index is 0.232. The topological polar surface area (TPSA) is 115 Å². The van der Waals surface area contributed by atoms with Crippen molar-refractivity contribution in [3.63, 3.8) is 0 Å². The summed E-state index contributed by atoms with van der Waals surface area (Å²) in [6.45, 7) is 7.22. The largest absolute Gasteiger partial charge is 0.493 e. The average Bonchev–Trinajstić information content (AvgIpc) is 3.68. The van der Waals surface area contributed by atoms with E-state index in [0.717, 1.165) is 66.5 Å². The Kier molecular flexibility index (Phi) is 6.36. The molecule has 1 saturated heterocycles. The highest BCUT2D eigenvalue weighted by Crippen LogP contribution is 2.37. The Morgan fingerprint density at radius 3 is 2.66 bits per heavy atom. The van der Waals surface area contributed by atoms with Crippen LogP contribution >= 0.6 is 0 Å². The number of nitrogens with zero attached hydrogens (tertiary/aromatic N) is 9. The first-order valence-corrected chi connectivity index (χ1v) is 13.0. The Labute approximate surface area is 220 Å². The van der Waals surface area contributed by atoms with Crippen LogP contribution in [0.5, 0.6) is 5.75 Å². The zero-order chi connectivity index (χ0) is 26.2. The molecule has 196 valence electrons. The second-order valence-corrected chi connectivity index (χ2v) is 10.2. The number of aromatic nitrogens is 9. The maximum absolute atomic E-state index is 5.56. The van der Waals surface area contributed by atoms with Gasteiger partial charge in [-0.1, -0.05) is 19.9 Å². The van der Waals surface area contributed by atoms with Gasteiger partial charge in [-0.15, -0.1) is 0 Å². The molecule has 11 nitrogen and oxygen atoms in total. The van der Waals surface area contributed by atoms with Gasteiger partial charge in [-0.05, 0) is 55.5 Å². The van der Waals surface area contributed by atoms with E-state index in [1.54, 1.807) is 22.6 Å². The highest BCUT2D eigenvalue weighted by atomic mass is 16.5. The number of nitrogens with one attached hydrogen (secondary N) is 1. The third kappa shape index (κ3) is 4.53. The molecule has 0 spiro atoms. The number of aromatic amines is 1. The summed E-state index contributed by atoms with van der Waals surface area (Å²) in [7, 11) is 3.54. The van der Waals surface area contributed by atoms with Gasteiger partial charge >= 0.3 is 0 Å². The molecule has 0 saturated carbocycles. The smallest absolute Gasteiger partial charge is 0.197 e. The molecule has 0 radical (unpaired) electrons. The molecule has 1 aliphatic rings. The molecule has 0 amide bonds. The number of ether oxygens (including phenoxy) is 1. The van der Waals surface area contributed by atoms with Gasteiger partial charge in [0.25, 0.3) is 0 Å². The van der Waals surface area contributed by atoms with E-state index < -0.39 is 0 Å². The molecule has 6 rings (SSSR count). The fraction of sp³-hybridized carbons (Fsp3) is 0.407. The summed E-state index contributed by atoms with van der Waals surface area (Å²) < 4.78 is 9.04. The number of piperidine rings is 1. The minimum absolute atomic E-state index is 0.232. The number of hydrogen-bond acceptors (Lipinski definition) is 8. The maximum Gasteiger partial charge on any atom is 0.197 e. The molecule has 0 unspecified atom stereocenters. The first-order valence-electron chi connectivity index (χ1n) is 13.0. The van der Waals surface area contributed by atoms with Gasteiger partial charge in [0.1, 0.15) is 12.7 Å². The number of methoxy groups -OCH3 is 1. The number of aryl methyl sites for hydroxylation is 1. The molecule has 11 heteroatoms. The third-order valence-electron chi connectivity index (χ3n) is 7.33. The van der Waals surface area contributed by atoms with Crippen LogP contribution < -0.4 is 4.74 Å². The van der Waals surface area contributed by atoms with Crippen LogP contribution in [0.4, 0.5) is 0 Å². The minimum Gasteiger partial charge on any atom is -0.493 e. The van der Waals surface area contributed by atoms with E-state index in [4.69, 9.17) is 14.8 Å². The molecule has 0 aromatic carbocycles. The van der Waals surface area contributed by atoms with Crippen molar-refractivity contribution in [1.82, 2.24) is 49.4 Å². The van der Waals surface area contributed by atoms with E-state index in [0.29, 0.717) is 17.3 Å². The second-order valence-electron chi connectivity index (χ2n) is 10.2. The van der Waals surface area contributed by atoms with E-state index in [1.165, 1.54) is 11.9 Å². The highest BCUT2D eigenvalue weighted by Gasteiger charge is 2.24. The predicted octanol–water partition coefficient (Wildman–Crippen LogP) is 3.82. The third-order valence-corrected chi connectivity index (χ3v) is 7.33. The van der Waals surface area contributed by atoms with Gasteiger partial charge in [0.15, 0.2) is 17.2 Å². The van der Waals surface area contributed by atoms with Crippen molar-refractivity contribution in [2.45, 2.75) is 45.1 Å². The Morgan fingerprint density at radius 1 is 1.13 bits per heavy atom. The van der Waals surface area contributed by atoms with Gasteiger partial charge < -0.3 is 4.74 Å². The lowest BCUT2D eigenvalue weighted by atomic mass is 9.90. The monoisotopic (exact) mass is 512 g/mol. The molecule has 1 N–H and O–H groups in total. The molecule has 0 bridgehead atoms. The second kappa shape index (κ2) is 9.97. The lowest BCUT2D eigenvalue weighted by molar-refractivity contribution is 0.200. The van der Waals surface area contributed by atoms with E-state index >= 15 is 0 Å². The molecular weight excluding hydrogens is 480 g/mol. The van der Waals surface area contributed by atoms with E-state index in [9.17, 15) is 0 Å². The lowest BCUT2D eigenvalue weighted by Gasteiger charge is -2.31. The van der Waals surface area contributed by atoms with Crippen molar-refractivity contribution in [1.29, 1.82) is 0 Å². The Hall–Kier alpha value is -4.12. The van der Waals surface area contributed by atoms with Crippen LogP contribution in [0.2, 0.25) is 0 Å². The maximum atomic E-state index is 5.56. The number of H-pyrrole nitrogens is 1. The molecule has 0 atom stereocenters. The number of fused-ring (bicyclic) bond motifs is 1. The fourth-order valence-corrected chi connectivity index (χ4v) is 5.38. The van der Waals surface area contributed by atoms with Crippen molar-refractivity contribution in [3.05, 3.63) is 60.2 Å². The molecular formula is C27H32N10O. The van der Waals surface area contributed by atoms with Gasteiger partial charge in [0.2, 0.25) is 0 Å². The summed E-state index contributed by atoms with van der Waals surface area (Å²) in [5.74, 6) is 2.28. The van der Waals surface area contributed by atoms with Crippen LogP contribution in [-0.4, -0.2) is 69.6 Å². The van der Waals surface area contributed by atoms with Gasteiger partial charge in [-0.2, -0.15) is 15.3 Å². The summed E-state index contributed by atoms with van der Waals surface area (Å²) >= 11 is 0. The molecule has 5 aromatic heterocycles. The van der Waals surface area contributed by atoms with Crippen LogP contribution in [-0.2, 0) is 13.6 Å². The van der Waals surface area contributed by atoms with Crippen molar-refractivity contribution >= 4 is 5.65 Å². The van der Waals surface area contributed by atoms with Crippen LogP contribution in [0.3, 0.4) is 0 Å². The molecule has 1 aliphatic heterocycles. The fourth-order valence-electron chi connectivity index (χ4n) is 5.38. The number of likely N-dealkylation sites (tertiary alicyclic amines) is 1. The van der Waals surface area contributed by atoms with Crippen molar-refractivity contribution in [2.24, 2.45) is 7.05 Å². The van der Waals surface area contributed by atoms with Crippen LogP contribution in [0.25, 0.3) is 28.3 Å². The molecule has 38 heavy (non-hydrogen) atoms. The average molecular weight is 513 g/mol. The Balaban J connectivity index is 1.21. The van der Waals surface area contributed by atoms with E-state index in [2.05, 4.69) is 56.1 Å². The predicted molar refractivity (Wildman–Crippen MR) is 143 cm³/mol. The molecule has 5 aromatic rings. The van der Waals surface area contributed by atoms with E-state index in [-0.39, 0.29) is 5.92 Å². The molecule has 1 fully saturated rings. The summed E-state index contributed by atoms with van der Waals surface area (Å²) in [5.41, 5.74) is 6.69. The van der Waals surface area contributed by atoms with Gasteiger partial charge in [-0.25, -0.2) is 14.5 Å². The van der Waals surface area contributed by atoms with Crippen LogP contribution in [0.1, 0.15) is 55.5 Å². The Morgan fingerprint density at radius 2 is 1.97 bits per heavy atom. The quantitative estimate of drug-likeness (QED) is 0.350. The molecule has 6 heterocycles. The summed E-state index contributed by atoms with van der Waals surface area (Å²) in [5, 5.41) is 16.7. The van der Waals surface area contributed by atoms with Crippen molar-refractivity contribution < 1.29 is 4.74 Å². The zero-order valence-corrected chi connectivity index (χ0v) is 22.2. The van der Waals surface area contributed by atoms with Crippen LogP contribution in [0, 0.1) is 0 Å². The summed E-state index contributed by atoms with van der Waals surface area (Å²) in [6.07, 6.45) is 9.45. The van der Waals surface area contributed by atoms with Gasteiger partial charge in [0, 0.05) is 30.6 Å². The number of hydrogen-bond donors (Lipinski definition) is 1. The first kappa shape index (κ1) is 24.2. The van der Waals surface area contributed by atoms with Gasteiger partial charge in [0.05, 0.1) is 30.7 Å². The Bertz CT molecular complexity index is 1540. The number of rotatable bonds is 7. The van der Waals surface area contributed by atoms with Crippen molar-refractivity contribution in [2.75, 3.05) is 20.2 Å². The van der Waals surface area contributed by atoms with Crippen molar-refractivity contribution in [3.8, 4) is 28.4 Å². The first-order chi connectivity index (χ1) is 18.5. The zero-order valence-electron chi connectivity index (χ0n) is 22.2. The van der Waals surface area contributed by atoms with E-state index in [1.807, 2.05) is 25.5 Å². The standard InChI is InChI=1S/C27H32N10O/c1-17(2)24-25(20-11-22(38-4)27-29-15-31-37(27)13-20)32-33-26(24)21-6-5-19(12-28-21)18-7-9-36(10-8-18)14-23-30-16-35(3)34-23/h5-6,11-13,15-18H,7-10,14H2,1-4H3,(H,32,33). The molecule has 0 aliphatic carbocycles. The SMILES string of the molecule is COc1cc(-c2n[nH]c(-c3ccc(C4CCN(Cc5ncn(C)n5)CC4)cn3)c2C(C)C)cn2ncnc12. The summed E-state index contributed by atoms with van der Waals surface area (Å²) in [4.78, 5) is 16.0.